The Kier molecular flexibility index (Phi) is 4.70. The number of likely N-dealkylation sites (N-methyl/N-ethyl adjacent to an activating group) is 1. The van der Waals surface area contributed by atoms with Crippen LogP contribution in [0.3, 0.4) is 0 Å². The van der Waals surface area contributed by atoms with Gasteiger partial charge in [0.05, 0.1) is 6.61 Å². The second-order valence-corrected chi connectivity index (χ2v) is 4.08. The Hall–Kier alpha value is -0.120. The summed E-state index contributed by atoms with van der Waals surface area (Å²) < 4.78 is 0. The summed E-state index contributed by atoms with van der Waals surface area (Å²) in [6.07, 6.45) is 3.75. The van der Waals surface area contributed by atoms with Gasteiger partial charge in [-0.2, -0.15) is 0 Å². The highest BCUT2D eigenvalue weighted by Crippen LogP contribution is 2.19. The monoisotopic (exact) mass is 186 g/mol. The quantitative estimate of drug-likeness (QED) is 0.605. The summed E-state index contributed by atoms with van der Waals surface area (Å²) in [5, 5.41) is 12.6. The van der Waals surface area contributed by atoms with Gasteiger partial charge in [-0.25, -0.2) is 0 Å². The fourth-order valence-corrected chi connectivity index (χ4v) is 1.60. The molecular formula is C10H22N2O. The van der Waals surface area contributed by atoms with Crippen molar-refractivity contribution < 1.29 is 5.11 Å². The first-order chi connectivity index (χ1) is 6.26. The van der Waals surface area contributed by atoms with Gasteiger partial charge < -0.3 is 15.3 Å². The second-order valence-electron chi connectivity index (χ2n) is 4.08. The zero-order valence-electron chi connectivity index (χ0n) is 8.79. The summed E-state index contributed by atoms with van der Waals surface area (Å²) in [7, 11) is 2.11. The van der Waals surface area contributed by atoms with Crippen LogP contribution >= 0.6 is 0 Å². The Morgan fingerprint density at radius 2 is 2.23 bits per heavy atom. The number of hydrogen-bond acceptors (Lipinski definition) is 3. The van der Waals surface area contributed by atoms with Crippen molar-refractivity contribution in [1.82, 2.24) is 10.2 Å². The number of nitrogens with one attached hydrogen (secondary N) is 1. The van der Waals surface area contributed by atoms with Crippen LogP contribution in [0.5, 0.6) is 0 Å². The summed E-state index contributed by atoms with van der Waals surface area (Å²) in [5.41, 5.74) is 0. The molecule has 1 saturated carbocycles. The van der Waals surface area contributed by atoms with E-state index in [0.717, 1.165) is 13.1 Å². The molecule has 0 heterocycles. The van der Waals surface area contributed by atoms with E-state index in [1.807, 2.05) is 0 Å². The molecule has 0 bridgehead atoms. The summed E-state index contributed by atoms with van der Waals surface area (Å²) in [5.74, 6) is 0. The smallest absolute Gasteiger partial charge is 0.0597 e. The maximum Gasteiger partial charge on any atom is 0.0597 e. The summed E-state index contributed by atoms with van der Waals surface area (Å²) >= 11 is 0. The van der Waals surface area contributed by atoms with E-state index in [1.54, 1.807) is 0 Å². The summed E-state index contributed by atoms with van der Waals surface area (Å²) in [6, 6.07) is 0.955. The maximum absolute atomic E-state index is 9.13. The summed E-state index contributed by atoms with van der Waals surface area (Å²) in [4.78, 5) is 2.27. The zero-order chi connectivity index (χ0) is 9.68. The van der Waals surface area contributed by atoms with Gasteiger partial charge in [-0.15, -0.1) is 0 Å². The number of aliphatic hydroxyl groups is 1. The van der Waals surface area contributed by atoms with Gasteiger partial charge in [-0.1, -0.05) is 6.92 Å². The number of nitrogens with zero attached hydrogens (tertiary/aromatic N) is 1. The molecule has 0 amide bonds. The standard InChI is InChI=1S/C10H22N2O/c1-3-6-12(2)7-10(8-13)11-9-4-5-9/h9-11,13H,3-8H2,1-2H3. The van der Waals surface area contributed by atoms with Gasteiger partial charge in [0, 0.05) is 18.6 Å². The van der Waals surface area contributed by atoms with Crippen LogP contribution in [0.4, 0.5) is 0 Å². The summed E-state index contributed by atoms with van der Waals surface area (Å²) in [6.45, 7) is 4.51. The minimum absolute atomic E-state index is 0.255. The lowest BCUT2D eigenvalue weighted by molar-refractivity contribution is 0.197. The van der Waals surface area contributed by atoms with Crippen molar-refractivity contribution in [2.45, 2.75) is 38.3 Å². The van der Waals surface area contributed by atoms with Crippen molar-refractivity contribution in [1.29, 1.82) is 0 Å². The molecule has 1 fully saturated rings. The molecular weight excluding hydrogens is 164 g/mol. The largest absolute Gasteiger partial charge is 0.395 e. The highest BCUT2D eigenvalue weighted by atomic mass is 16.3. The SMILES string of the molecule is CCCN(C)CC(CO)NC1CC1. The first kappa shape index (κ1) is 11.0. The van der Waals surface area contributed by atoms with Gasteiger partial charge in [0.25, 0.3) is 0 Å². The molecule has 1 aliphatic carbocycles. The molecule has 0 aromatic rings. The third-order valence-corrected chi connectivity index (χ3v) is 2.41. The Morgan fingerprint density at radius 1 is 1.54 bits per heavy atom. The van der Waals surface area contributed by atoms with E-state index < -0.39 is 0 Å². The molecule has 0 spiro atoms. The average Bonchev–Trinajstić information content (AvgIpc) is 2.87. The van der Waals surface area contributed by atoms with Crippen LogP contribution in [-0.4, -0.2) is 48.8 Å². The van der Waals surface area contributed by atoms with Crippen molar-refractivity contribution in [2.24, 2.45) is 0 Å². The van der Waals surface area contributed by atoms with Crippen LogP contribution in [0.25, 0.3) is 0 Å². The normalized spacial score (nSPS) is 19.4. The Labute approximate surface area is 81.1 Å². The molecule has 0 aromatic carbocycles. The van der Waals surface area contributed by atoms with E-state index in [2.05, 4.69) is 24.2 Å². The Bertz CT molecular complexity index is 137. The third kappa shape index (κ3) is 4.60. The Morgan fingerprint density at radius 3 is 2.69 bits per heavy atom. The molecule has 1 atom stereocenters. The van der Waals surface area contributed by atoms with E-state index in [9.17, 15) is 0 Å². The minimum Gasteiger partial charge on any atom is -0.395 e. The topological polar surface area (TPSA) is 35.5 Å². The van der Waals surface area contributed by atoms with E-state index in [-0.39, 0.29) is 12.6 Å². The van der Waals surface area contributed by atoms with Crippen molar-refractivity contribution in [3.63, 3.8) is 0 Å². The third-order valence-electron chi connectivity index (χ3n) is 2.41. The molecule has 0 aliphatic heterocycles. The molecule has 1 aliphatic rings. The van der Waals surface area contributed by atoms with Crippen LogP contribution in [0.15, 0.2) is 0 Å². The lowest BCUT2D eigenvalue weighted by atomic mass is 10.2. The maximum atomic E-state index is 9.13. The van der Waals surface area contributed by atoms with Gasteiger partial charge in [-0.05, 0) is 32.9 Å². The molecule has 2 N–H and O–H groups in total. The van der Waals surface area contributed by atoms with Crippen molar-refractivity contribution >= 4 is 0 Å². The fourth-order valence-electron chi connectivity index (χ4n) is 1.60. The van der Waals surface area contributed by atoms with Crippen molar-refractivity contribution in [2.75, 3.05) is 26.7 Å². The van der Waals surface area contributed by atoms with E-state index in [0.29, 0.717) is 6.04 Å². The molecule has 3 heteroatoms. The predicted molar refractivity (Wildman–Crippen MR) is 54.8 cm³/mol. The first-order valence-electron chi connectivity index (χ1n) is 5.31. The molecule has 0 aromatic heterocycles. The molecule has 78 valence electrons. The molecule has 13 heavy (non-hydrogen) atoms. The fraction of sp³-hybridized carbons (Fsp3) is 1.00. The number of aliphatic hydroxyl groups excluding tert-OH is 1. The molecule has 0 saturated heterocycles. The second kappa shape index (κ2) is 5.58. The average molecular weight is 186 g/mol. The number of hydrogen-bond donors (Lipinski definition) is 2. The van der Waals surface area contributed by atoms with Crippen molar-refractivity contribution in [3.8, 4) is 0 Å². The lowest BCUT2D eigenvalue weighted by Crippen LogP contribution is -2.43. The van der Waals surface area contributed by atoms with Crippen LogP contribution in [-0.2, 0) is 0 Å². The molecule has 1 rings (SSSR count). The molecule has 3 nitrogen and oxygen atoms in total. The van der Waals surface area contributed by atoms with Crippen LogP contribution in [0.2, 0.25) is 0 Å². The van der Waals surface area contributed by atoms with Crippen LogP contribution < -0.4 is 5.32 Å². The van der Waals surface area contributed by atoms with Gasteiger partial charge in [0.1, 0.15) is 0 Å². The predicted octanol–water partition coefficient (Wildman–Crippen LogP) is 0.441. The van der Waals surface area contributed by atoms with E-state index in [1.165, 1.54) is 19.3 Å². The Balaban J connectivity index is 2.13. The lowest BCUT2D eigenvalue weighted by Gasteiger charge is -2.23. The zero-order valence-corrected chi connectivity index (χ0v) is 8.79. The van der Waals surface area contributed by atoms with Crippen molar-refractivity contribution in [3.05, 3.63) is 0 Å². The first-order valence-corrected chi connectivity index (χ1v) is 5.31. The van der Waals surface area contributed by atoms with Crippen LogP contribution in [0.1, 0.15) is 26.2 Å². The molecule has 1 unspecified atom stereocenters. The highest BCUT2D eigenvalue weighted by molar-refractivity contribution is 4.85. The number of rotatable bonds is 7. The van der Waals surface area contributed by atoms with Gasteiger partial charge >= 0.3 is 0 Å². The van der Waals surface area contributed by atoms with E-state index >= 15 is 0 Å². The van der Waals surface area contributed by atoms with Gasteiger partial charge in [-0.3, -0.25) is 0 Å². The molecule has 0 radical (unpaired) electrons. The van der Waals surface area contributed by atoms with Crippen LogP contribution in [0, 0.1) is 0 Å². The van der Waals surface area contributed by atoms with Gasteiger partial charge in [0.2, 0.25) is 0 Å². The van der Waals surface area contributed by atoms with Gasteiger partial charge in [0.15, 0.2) is 0 Å². The highest BCUT2D eigenvalue weighted by Gasteiger charge is 2.24. The minimum atomic E-state index is 0.255. The van der Waals surface area contributed by atoms with E-state index in [4.69, 9.17) is 5.11 Å².